The second-order valence-electron chi connectivity index (χ2n) is 3.58. The van der Waals surface area contributed by atoms with Crippen LogP contribution < -0.4 is 5.73 Å². The first-order chi connectivity index (χ1) is 7.06. The number of nitrogen functional groups attached to an aromatic ring is 1. The van der Waals surface area contributed by atoms with Gasteiger partial charge in [0.2, 0.25) is 0 Å². The Morgan fingerprint density at radius 3 is 2.80 bits per heavy atom. The third-order valence-corrected chi connectivity index (χ3v) is 4.24. The Kier molecular flexibility index (Phi) is 4.61. The van der Waals surface area contributed by atoms with Crippen LogP contribution in [0, 0.1) is 0 Å². The zero-order valence-electron chi connectivity index (χ0n) is 9.00. The molecule has 0 aliphatic carbocycles. The molecule has 1 aromatic rings. The lowest BCUT2D eigenvalue weighted by Crippen LogP contribution is -2.12. The second kappa shape index (κ2) is 5.52. The number of rotatable bonds is 4. The quantitative estimate of drug-likeness (QED) is 0.828. The SMILES string of the molecule is CCCC(C)S(=O)c1cc(Cl)ccc1N. The molecule has 0 heterocycles. The first kappa shape index (κ1) is 12.5. The summed E-state index contributed by atoms with van der Waals surface area (Å²) in [6.45, 7) is 4.05. The summed E-state index contributed by atoms with van der Waals surface area (Å²) in [6, 6.07) is 5.11. The summed E-state index contributed by atoms with van der Waals surface area (Å²) in [7, 11) is -1.06. The Labute approximate surface area is 98.3 Å². The molecule has 0 aromatic heterocycles. The molecule has 2 unspecified atom stereocenters. The highest BCUT2D eigenvalue weighted by molar-refractivity contribution is 7.85. The Hall–Kier alpha value is -0.540. The van der Waals surface area contributed by atoms with Crippen molar-refractivity contribution in [2.24, 2.45) is 0 Å². The number of anilines is 1. The van der Waals surface area contributed by atoms with Crippen molar-refractivity contribution in [3.8, 4) is 0 Å². The minimum atomic E-state index is -1.06. The van der Waals surface area contributed by atoms with Gasteiger partial charge in [-0.1, -0.05) is 31.9 Å². The molecule has 2 N–H and O–H groups in total. The Bertz CT molecular complexity index is 368. The van der Waals surface area contributed by atoms with E-state index in [9.17, 15) is 4.21 Å². The summed E-state index contributed by atoms with van der Waals surface area (Å²) in [5.74, 6) is 0. The Morgan fingerprint density at radius 1 is 1.53 bits per heavy atom. The van der Waals surface area contributed by atoms with Crippen LogP contribution in [-0.2, 0) is 10.8 Å². The molecule has 0 fully saturated rings. The van der Waals surface area contributed by atoms with Crippen LogP contribution >= 0.6 is 11.6 Å². The summed E-state index contributed by atoms with van der Waals surface area (Å²) in [4.78, 5) is 0.656. The van der Waals surface area contributed by atoms with Crippen LogP contribution in [0.5, 0.6) is 0 Å². The number of nitrogens with two attached hydrogens (primary N) is 1. The maximum atomic E-state index is 12.1. The average molecular weight is 246 g/mol. The number of benzene rings is 1. The van der Waals surface area contributed by atoms with Crippen molar-refractivity contribution in [2.75, 3.05) is 5.73 Å². The molecule has 0 radical (unpaired) electrons. The summed E-state index contributed by atoms with van der Waals surface area (Å²) < 4.78 is 12.1. The molecule has 0 aliphatic heterocycles. The fourth-order valence-corrected chi connectivity index (χ4v) is 3.08. The lowest BCUT2D eigenvalue weighted by molar-refractivity contribution is 0.662. The molecule has 1 aromatic carbocycles. The van der Waals surface area contributed by atoms with Gasteiger partial charge in [0.25, 0.3) is 0 Å². The van der Waals surface area contributed by atoms with E-state index in [1.54, 1.807) is 18.2 Å². The van der Waals surface area contributed by atoms with Crippen LogP contribution in [0.2, 0.25) is 5.02 Å². The van der Waals surface area contributed by atoms with Crippen LogP contribution in [0.15, 0.2) is 23.1 Å². The molecular formula is C11H16ClNOS. The van der Waals surface area contributed by atoms with Crippen molar-refractivity contribution < 1.29 is 4.21 Å². The molecule has 0 spiro atoms. The lowest BCUT2D eigenvalue weighted by Gasteiger charge is -2.12. The highest BCUT2D eigenvalue weighted by Crippen LogP contribution is 2.24. The zero-order chi connectivity index (χ0) is 11.4. The number of hydrogen-bond acceptors (Lipinski definition) is 2. The Morgan fingerprint density at radius 2 is 2.20 bits per heavy atom. The zero-order valence-corrected chi connectivity index (χ0v) is 10.6. The summed E-state index contributed by atoms with van der Waals surface area (Å²) in [6.07, 6.45) is 1.95. The van der Waals surface area contributed by atoms with Crippen molar-refractivity contribution >= 4 is 28.1 Å². The van der Waals surface area contributed by atoms with E-state index in [2.05, 4.69) is 6.92 Å². The first-order valence-electron chi connectivity index (χ1n) is 5.01. The van der Waals surface area contributed by atoms with Crippen molar-refractivity contribution in [1.29, 1.82) is 0 Å². The van der Waals surface area contributed by atoms with Gasteiger partial charge in [-0.2, -0.15) is 0 Å². The minimum absolute atomic E-state index is 0.121. The average Bonchev–Trinajstić information content (AvgIpc) is 2.21. The highest BCUT2D eigenvalue weighted by atomic mass is 35.5. The largest absolute Gasteiger partial charge is 0.398 e. The summed E-state index contributed by atoms with van der Waals surface area (Å²) >= 11 is 5.85. The van der Waals surface area contributed by atoms with E-state index in [1.165, 1.54) is 0 Å². The standard InChI is InChI=1S/C11H16ClNOS/c1-3-4-8(2)15(14)11-7-9(12)5-6-10(11)13/h5-8H,3-4,13H2,1-2H3. The van der Waals surface area contributed by atoms with Gasteiger partial charge in [0.1, 0.15) is 0 Å². The van der Waals surface area contributed by atoms with E-state index >= 15 is 0 Å². The smallest absolute Gasteiger partial charge is 0.0634 e. The summed E-state index contributed by atoms with van der Waals surface area (Å²) in [5.41, 5.74) is 6.33. The van der Waals surface area contributed by atoms with Crippen molar-refractivity contribution in [3.05, 3.63) is 23.2 Å². The third kappa shape index (κ3) is 3.21. The predicted octanol–water partition coefficient (Wildman–Crippen LogP) is 3.22. The van der Waals surface area contributed by atoms with Crippen LogP contribution in [0.4, 0.5) is 5.69 Å². The molecule has 2 nitrogen and oxygen atoms in total. The van der Waals surface area contributed by atoms with E-state index in [4.69, 9.17) is 17.3 Å². The molecule has 0 amide bonds. The molecule has 0 saturated heterocycles. The van der Waals surface area contributed by atoms with Gasteiger partial charge >= 0.3 is 0 Å². The van der Waals surface area contributed by atoms with Gasteiger partial charge in [-0.15, -0.1) is 0 Å². The molecule has 84 valence electrons. The van der Waals surface area contributed by atoms with Gasteiger partial charge in [-0.3, -0.25) is 4.21 Å². The van der Waals surface area contributed by atoms with Gasteiger partial charge in [0, 0.05) is 16.0 Å². The van der Waals surface area contributed by atoms with E-state index < -0.39 is 10.8 Å². The monoisotopic (exact) mass is 245 g/mol. The Balaban J connectivity index is 2.95. The van der Waals surface area contributed by atoms with Crippen LogP contribution in [0.1, 0.15) is 26.7 Å². The predicted molar refractivity (Wildman–Crippen MR) is 66.6 cm³/mol. The van der Waals surface area contributed by atoms with E-state index in [0.29, 0.717) is 15.6 Å². The minimum Gasteiger partial charge on any atom is -0.398 e. The van der Waals surface area contributed by atoms with Gasteiger partial charge in [-0.05, 0) is 24.6 Å². The molecule has 15 heavy (non-hydrogen) atoms. The molecule has 0 aliphatic rings. The molecule has 0 saturated carbocycles. The maximum Gasteiger partial charge on any atom is 0.0634 e. The normalized spacial score (nSPS) is 14.9. The molecule has 1 rings (SSSR count). The number of hydrogen-bond donors (Lipinski definition) is 1. The maximum absolute atomic E-state index is 12.1. The fraction of sp³-hybridized carbons (Fsp3) is 0.455. The number of halogens is 1. The van der Waals surface area contributed by atoms with Gasteiger partial charge in [0.15, 0.2) is 0 Å². The second-order valence-corrected chi connectivity index (χ2v) is 5.85. The summed E-state index contributed by atoms with van der Waals surface area (Å²) in [5, 5.41) is 0.701. The van der Waals surface area contributed by atoms with E-state index in [0.717, 1.165) is 12.8 Å². The van der Waals surface area contributed by atoms with Gasteiger partial charge in [-0.25, -0.2) is 0 Å². The van der Waals surface area contributed by atoms with Crippen LogP contribution in [0.3, 0.4) is 0 Å². The molecule has 4 heteroatoms. The molecular weight excluding hydrogens is 230 g/mol. The van der Waals surface area contributed by atoms with Crippen LogP contribution in [0.25, 0.3) is 0 Å². The first-order valence-corrected chi connectivity index (χ1v) is 6.61. The topological polar surface area (TPSA) is 43.1 Å². The van der Waals surface area contributed by atoms with Crippen LogP contribution in [-0.4, -0.2) is 9.46 Å². The van der Waals surface area contributed by atoms with E-state index in [1.807, 2.05) is 6.92 Å². The third-order valence-electron chi connectivity index (χ3n) is 2.25. The molecule has 2 atom stereocenters. The highest BCUT2D eigenvalue weighted by Gasteiger charge is 2.15. The lowest BCUT2D eigenvalue weighted by atomic mass is 10.3. The van der Waals surface area contributed by atoms with E-state index in [-0.39, 0.29) is 5.25 Å². The fourth-order valence-electron chi connectivity index (χ4n) is 1.41. The van der Waals surface area contributed by atoms with Gasteiger partial charge in [0.05, 0.1) is 15.7 Å². The van der Waals surface area contributed by atoms with Crippen molar-refractivity contribution in [3.63, 3.8) is 0 Å². The van der Waals surface area contributed by atoms with Gasteiger partial charge < -0.3 is 5.73 Å². The van der Waals surface area contributed by atoms with Crippen molar-refractivity contribution in [2.45, 2.75) is 36.8 Å². The molecule has 0 bridgehead atoms. The van der Waals surface area contributed by atoms with Crippen molar-refractivity contribution in [1.82, 2.24) is 0 Å².